The standard InChI is InChI=1S/C18H17NO2S/c1-13-7-8-17(9-14(13)2)22-12-18(20)21-11-16-6-4-3-5-15(16)10-19/h3-9H,11-12H2,1-2H3. The molecule has 0 amide bonds. The number of carbonyl (C=O) groups excluding carboxylic acids is 1. The van der Waals surface area contributed by atoms with Gasteiger partial charge in [-0.05, 0) is 43.2 Å². The first-order chi connectivity index (χ1) is 10.6. The van der Waals surface area contributed by atoms with Crippen molar-refractivity contribution in [1.29, 1.82) is 5.26 Å². The van der Waals surface area contributed by atoms with Crippen molar-refractivity contribution >= 4 is 17.7 Å². The zero-order valence-corrected chi connectivity index (χ0v) is 13.4. The molecule has 22 heavy (non-hydrogen) atoms. The molecule has 0 spiro atoms. The first-order valence-corrected chi connectivity index (χ1v) is 7.92. The lowest BCUT2D eigenvalue weighted by molar-refractivity contribution is -0.141. The highest BCUT2D eigenvalue weighted by Gasteiger charge is 2.07. The summed E-state index contributed by atoms with van der Waals surface area (Å²) in [6.45, 7) is 4.25. The molecule has 2 aromatic carbocycles. The predicted molar refractivity (Wildman–Crippen MR) is 87.6 cm³/mol. The van der Waals surface area contributed by atoms with E-state index in [0.29, 0.717) is 5.56 Å². The SMILES string of the molecule is Cc1ccc(SCC(=O)OCc2ccccc2C#N)cc1C. The van der Waals surface area contributed by atoms with E-state index < -0.39 is 0 Å². The lowest BCUT2D eigenvalue weighted by Crippen LogP contribution is -2.08. The molecule has 0 unspecified atom stereocenters. The third-order valence-corrected chi connectivity index (χ3v) is 4.33. The van der Waals surface area contributed by atoms with Gasteiger partial charge >= 0.3 is 5.97 Å². The lowest BCUT2D eigenvalue weighted by Gasteiger charge is -2.07. The number of thioether (sulfide) groups is 1. The van der Waals surface area contributed by atoms with Crippen molar-refractivity contribution in [3.8, 4) is 6.07 Å². The number of nitriles is 1. The van der Waals surface area contributed by atoms with E-state index in [4.69, 9.17) is 10.00 Å². The molecule has 0 heterocycles. The van der Waals surface area contributed by atoms with E-state index in [9.17, 15) is 4.79 Å². The summed E-state index contributed by atoms with van der Waals surface area (Å²) in [6, 6.07) is 15.3. The highest BCUT2D eigenvalue weighted by Crippen LogP contribution is 2.21. The second kappa shape index (κ2) is 7.67. The minimum absolute atomic E-state index is 0.135. The van der Waals surface area contributed by atoms with Crippen molar-refractivity contribution in [3.63, 3.8) is 0 Å². The molecule has 2 aromatic rings. The van der Waals surface area contributed by atoms with Crippen LogP contribution in [0.4, 0.5) is 0 Å². The molecular formula is C18H17NO2S. The van der Waals surface area contributed by atoms with Crippen molar-refractivity contribution in [1.82, 2.24) is 0 Å². The van der Waals surface area contributed by atoms with Gasteiger partial charge in [0.25, 0.3) is 0 Å². The van der Waals surface area contributed by atoms with Crippen LogP contribution in [0.3, 0.4) is 0 Å². The third kappa shape index (κ3) is 4.37. The van der Waals surface area contributed by atoms with Crippen molar-refractivity contribution in [2.45, 2.75) is 25.3 Å². The van der Waals surface area contributed by atoms with E-state index in [1.807, 2.05) is 18.2 Å². The van der Waals surface area contributed by atoms with Crippen LogP contribution in [-0.4, -0.2) is 11.7 Å². The highest BCUT2D eigenvalue weighted by molar-refractivity contribution is 8.00. The van der Waals surface area contributed by atoms with Crippen LogP contribution < -0.4 is 0 Å². The Kier molecular flexibility index (Phi) is 5.62. The second-order valence-electron chi connectivity index (χ2n) is 4.96. The number of carbonyl (C=O) groups is 1. The summed E-state index contributed by atoms with van der Waals surface area (Å²) in [5, 5.41) is 8.99. The maximum absolute atomic E-state index is 11.8. The Bertz CT molecular complexity index is 719. The molecule has 112 valence electrons. The fourth-order valence-electron chi connectivity index (χ4n) is 1.90. The Morgan fingerprint density at radius 1 is 1.18 bits per heavy atom. The Balaban J connectivity index is 1.86. The zero-order chi connectivity index (χ0) is 15.9. The number of nitrogens with zero attached hydrogens (tertiary/aromatic N) is 1. The predicted octanol–water partition coefficient (Wildman–Crippen LogP) is 4.01. The molecule has 2 rings (SSSR count). The quantitative estimate of drug-likeness (QED) is 0.618. The number of rotatable bonds is 5. The maximum Gasteiger partial charge on any atom is 0.316 e. The summed E-state index contributed by atoms with van der Waals surface area (Å²) in [6.07, 6.45) is 0. The number of esters is 1. The van der Waals surface area contributed by atoms with Crippen LogP contribution >= 0.6 is 11.8 Å². The van der Waals surface area contributed by atoms with E-state index >= 15 is 0 Å². The van der Waals surface area contributed by atoms with Crippen LogP contribution in [0.2, 0.25) is 0 Å². The average Bonchev–Trinajstić information content (AvgIpc) is 2.54. The molecule has 0 aliphatic rings. The molecule has 0 aliphatic heterocycles. The normalized spacial score (nSPS) is 10.0. The number of aryl methyl sites for hydroxylation is 2. The largest absolute Gasteiger partial charge is 0.460 e. The Labute approximate surface area is 134 Å². The number of benzene rings is 2. The van der Waals surface area contributed by atoms with Crippen LogP contribution in [0.25, 0.3) is 0 Å². The van der Waals surface area contributed by atoms with Gasteiger partial charge in [0, 0.05) is 10.5 Å². The topological polar surface area (TPSA) is 50.1 Å². The van der Waals surface area contributed by atoms with Crippen LogP contribution in [0.5, 0.6) is 0 Å². The van der Waals surface area contributed by atoms with Crippen LogP contribution in [0, 0.1) is 25.2 Å². The van der Waals surface area contributed by atoms with Gasteiger partial charge in [0.05, 0.1) is 17.4 Å². The molecular weight excluding hydrogens is 294 g/mol. The minimum Gasteiger partial charge on any atom is -0.460 e. The van der Waals surface area contributed by atoms with Gasteiger partial charge in [0.1, 0.15) is 6.61 Å². The summed E-state index contributed by atoms with van der Waals surface area (Å²) in [7, 11) is 0. The minimum atomic E-state index is -0.282. The van der Waals surface area contributed by atoms with Gasteiger partial charge in [-0.2, -0.15) is 5.26 Å². The monoisotopic (exact) mass is 311 g/mol. The van der Waals surface area contributed by atoms with E-state index in [1.165, 1.54) is 22.9 Å². The molecule has 0 radical (unpaired) electrons. The van der Waals surface area contributed by atoms with Crippen molar-refractivity contribution in [2.24, 2.45) is 0 Å². The molecule has 0 atom stereocenters. The number of hydrogen-bond donors (Lipinski definition) is 0. The Morgan fingerprint density at radius 2 is 1.95 bits per heavy atom. The molecule has 0 saturated heterocycles. The van der Waals surface area contributed by atoms with Crippen molar-refractivity contribution < 1.29 is 9.53 Å². The fraction of sp³-hybridized carbons (Fsp3) is 0.222. The van der Waals surface area contributed by atoms with Crippen LogP contribution in [0.1, 0.15) is 22.3 Å². The molecule has 0 bridgehead atoms. The first-order valence-electron chi connectivity index (χ1n) is 6.94. The fourth-order valence-corrected chi connectivity index (χ4v) is 2.69. The van der Waals surface area contributed by atoms with Crippen LogP contribution in [0.15, 0.2) is 47.4 Å². The average molecular weight is 311 g/mol. The van der Waals surface area contributed by atoms with Gasteiger partial charge in [-0.15, -0.1) is 11.8 Å². The van der Waals surface area contributed by atoms with Gasteiger partial charge in [-0.3, -0.25) is 4.79 Å². The summed E-state index contributed by atoms with van der Waals surface area (Å²) >= 11 is 1.46. The van der Waals surface area contributed by atoms with Gasteiger partial charge in [-0.1, -0.05) is 24.3 Å². The summed E-state index contributed by atoms with van der Waals surface area (Å²) in [4.78, 5) is 12.9. The summed E-state index contributed by atoms with van der Waals surface area (Å²) in [5.41, 5.74) is 3.72. The smallest absolute Gasteiger partial charge is 0.316 e. The van der Waals surface area contributed by atoms with Crippen LogP contribution in [-0.2, 0) is 16.1 Å². The van der Waals surface area contributed by atoms with E-state index in [0.717, 1.165) is 10.5 Å². The van der Waals surface area contributed by atoms with E-state index in [2.05, 4.69) is 26.0 Å². The Morgan fingerprint density at radius 3 is 2.68 bits per heavy atom. The lowest BCUT2D eigenvalue weighted by atomic mass is 10.1. The van der Waals surface area contributed by atoms with Gasteiger partial charge in [-0.25, -0.2) is 0 Å². The molecule has 0 N–H and O–H groups in total. The maximum atomic E-state index is 11.8. The van der Waals surface area contributed by atoms with Gasteiger partial charge in [0.15, 0.2) is 0 Å². The summed E-state index contributed by atoms with van der Waals surface area (Å²) in [5.74, 6) is -0.0204. The number of ether oxygens (including phenoxy) is 1. The van der Waals surface area contributed by atoms with E-state index in [1.54, 1.807) is 18.2 Å². The zero-order valence-electron chi connectivity index (χ0n) is 12.6. The molecule has 0 aliphatic carbocycles. The molecule has 4 heteroatoms. The van der Waals surface area contributed by atoms with Crippen molar-refractivity contribution in [3.05, 3.63) is 64.7 Å². The summed E-state index contributed by atoms with van der Waals surface area (Å²) < 4.78 is 5.24. The van der Waals surface area contributed by atoms with Crippen molar-refractivity contribution in [2.75, 3.05) is 5.75 Å². The first kappa shape index (κ1) is 16.1. The molecule has 0 aromatic heterocycles. The molecule has 3 nitrogen and oxygen atoms in total. The molecule has 0 fully saturated rings. The van der Waals surface area contributed by atoms with Gasteiger partial charge in [0.2, 0.25) is 0 Å². The number of hydrogen-bond acceptors (Lipinski definition) is 4. The van der Waals surface area contributed by atoms with E-state index in [-0.39, 0.29) is 18.3 Å². The highest BCUT2D eigenvalue weighted by atomic mass is 32.2. The third-order valence-electron chi connectivity index (χ3n) is 3.36. The van der Waals surface area contributed by atoms with Gasteiger partial charge < -0.3 is 4.74 Å². The second-order valence-corrected chi connectivity index (χ2v) is 6.01. The molecule has 0 saturated carbocycles. The Hall–Kier alpha value is -2.25.